The van der Waals surface area contributed by atoms with Gasteiger partial charge in [-0.25, -0.2) is 0 Å². The van der Waals surface area contributed by atoms with Crippen LogP contribution in [0.2, 0.25) is 0 Å². The number of morpholine rings is 1. The van der Waals surface area contributed by atoms with Crippen molar-refractivity contribution >= 4 is 17.5 Å². The average Bonchev–Trinajstić information content (AvgIpc) is 2.28. The third-order valence-electron chi connectivity index (χ3n) is 3.30. The second-order valence-electron chi connectivity index (χ2n) is 5.39. The Balaban J connectivity index is 2.72. The topological polar surface area (TPSA) is 29.5 Å². The summed E-state index contributed by atoms with van der Waals surface area (Å²) in [4.78, 5) is 14.3. The Morgan fingerprint density at radius 2 is 2.06 bits per heavy atom. The van der Waals surface area contributed by atoms with Crippen LogP contribution in [0.15, 0.2) is 0 Å². The van der Waals surface area contributed by atoms with E-state index in [1.54, 1.807) is 0 Å². The van der Waals surface area contributed by atoms with E-state index in [0.29, 0.717) is 19.0 Å². The molecule has 0 saturated carbocycles. The van der Waals surface area contributed by atoms with Crippen LogP contribution < -0.4 is 0 Å². The zero-order valence-corrected chi connectivity index (χ0v) is 12.1. The van der Waals surface area contributed by atoms with E-state index in [9.17, 15) is 4.79 Å². The minimum atomic E-state index is -0.292. The smallest absolute Gasteiger partial charge is 0.225 e. The molecule has 3 nitrogen and oxygen atoms in total. The lowest BCUT2D eigenvalue weighted by molar-refractivity contribution is -0.161. The first-order chi connectivity index (χ1) is 7.93. The normalized spacial score (nSPS) is 24.1. The van der Waals surface area contributed by atoms with Crippen molar-refractivity contribution in [2.24, 2.45) is 5.92 Å². The molecule has 0 aromatic carbocycles. The molecule has 0 N–H and O–H groups in total. The summed E-state index contributed by atoms with van der Waals surface area (Å²) in [5.74, 6) is 0.831. The summed E-state index contributed by atoms with van der Waals surface area (Å²) in [5, 5.41) is 0. The monoisotopic (exact) mass is 261 g/mol. The van der Waals surface area contributed by atoms with Crippen molar-refractivity contribution < 1.29 is 9.53 Å². The molecule has 1 heterocycles. The number of ether oxygens (including phenoxy) is 1. The number of rotatable bonds is 4. The summed E-state index contributed by atoms with van der Waals surface area (Å²) in [6.45, 7) is 9.45. The number of hydrogen-bond acceptors (Lipinski definition) is 2. The predicted molar refractivity (Wildman–Crippen MR) is 70.3 cm³/mol. The van der Waals surface area contributed by atoms with Gasteiger partial charge in [0.2, 0.25) is 5.91 Å². The number of hydrogen-bond donors (Lipinski definition) is 0. The van der Waals surface area contributed by atoms with Crippen molar-refractivity contribution in [1.29, 1.82) is 0 Å². The summed E-state index contributed by atoms with van der Waals surface area (Å²) in [5.41, 5.74) is -0.292. The van der Waals surface area contributed by atoms with E-state index < -0.39 is 0 Å². The van der Waals surface area contributed by atoms with E-state index in [-0.39, 0.29) is 23.5 Å². The fourth-order valence-electron chi connectivity index (χ4n) is 2.44. The van der Waals surface area contributed by atoms with Gasteiger partial charge in [0.15, 0.2) is 0 Å². The Bertz CT molecular complexity index is 264. The van der Waals surface area contributed by atoms with E-state index >= 15 is 0 Å². The molecule has 1 unspecified atom stereocenters. The second-order valence-corrected chi connectivity index (χ2v) is 5.69. The molecular formula is C13H24ClNO2. The molecule has 1 atom stereocenters. The van der Waals surface area contributed by atoms with E-state index in [0.717, 1.165) is 12.8 Å². The molecule has 4 heteroatoms. The fourth-order valence-corrected chi connectivity index (χ4v) is 2.60. The minimum absolute atomic E-state index is 0.0428. The number of alkyl halides is 1. The van der Waals surface area contributed by atoms with Gasteiger partial charge in [-0.3, -0.25) is 4.79 Å². The minimum Gasteiger partial charge on any atom is -0.367 e. The van der Waals surface area contributed by atoms with Crippen LogP contribution >= 0.6 is 11.6 Å². The van der Waals surface area contributed by atoms with Crippen LogP contribution in [0, 0.1) is 5.92 Å². The van der Waals surface area contributed by atoms with Gasteiger partial charge in [0.25, 0.3) is 0 Å². The van der Waals surface area contributed by atoms with E-state index in [2.05, 4.69) is 13.8 Å². The first kappa shape index (κ1) is 14.8. The lowest BCUT2D eigenvalue weighted by Gasteiger charge is -2.43. The number of halogens is 1. The van der Waals surface area contributed by atoms with Crippen molar-refractivity contribution in [3.05, 3.63) is 0 Å². The summed E-state index contributed by atoms with van der Waals surface area (Å²) in [6.07, 6.45) is 1.76. The van der Waals surface area contributed by atoms with Crippen molar-refractivity contribution in [1.82, 2.24) is 4.90 Å². The van der Waals surface area contributed by atoms with Crippen LogP contribution in [-0.4, -0.2) is 41.5 Å². The third kappa shape index (κ3) is 3.85. The number of carbonyl (C=O) groups is 1. The molecule has 0 aliphatic carbocycles. The molecule has 1 aliphatic heterocycles. The highest BCUT2D eigenvalue weighted by Gasteiger charge is 2.36. The van der Waals surface area contributed by atoms with E-state index in [1.807, 2.05) is 18.7 Å². The highest BCUT2D eigenvalue weighted by Crippen LogP contribution is 2.24. The zero-order chi connectivity index (χ0) is 13.1. The van der Waals surface area contributed by atoms with Crippen LogP contribution in [0.4, 0.5) is 0 Å². The maximum atomic E-state index is 12.3. The first-order valence-corrected chi connectivity index (χ1v) is 6.99. The predicted octanol–water partition coefficient (Wildman–Crippen LogP) is 2.67. The molecule has 1 rings (SSSR count). The molecule has 1 amide bonds. The molecule has 0 bridgehead atoms. The van der Waals surface area contributed by atoms with Gasteiger partial charge in [0, 0.05) is 19.0 Å². The highest BCUT2D eigenvalue weighted by molar-refractivity contribution is 6.18. The summed E-state index contributed by atoms with van der Waals surface area (Å²) >= 11 is 5.86. The highest BCUT2D eigenvalue weighted by atomic mass is 35.5. The lowest BCUT2D eigenvalue weighted by atomic mass is 9.98. The van der Waals surface area contributed by atoms with Crippen molar-refractivity contribution in [2.75, 3.05) is 19.0 Å². The van der Waals surface area contributed by atoms with Crippen LogP contribution in [0.5, 0.6) is 0 Å². The molecule has 1 fully saturated rings. The Morgan fingerprint density at radius 1 is 1.47 bits per heavy atom. The van der Waals surface area contributed by atoms with E-state index in [4.69, 9.17) is 16.3 Å². The van der Waals surface area contributed by atoms with Crippen molar-refractivity contribution in [3.63, 3.8) is 0 Å². The van der Waals surface area contributed by atoms with Gasteiger partial charge in [0.1, 0.15) is 0 Å². The molecular weight excluding hydrogens is 238 g/mol. The third-order valence-corrected chi connectivity index (χ3v) is 3.64. The molecule has 0 aromatic heterocycles. The number of carbonyl (C=O) groups excluding carboxylic acids is 1. The SMILES string of the molecule is CCC(CC)C(=O)N1CC(CCl)OC(C)(C)C1. The maximum absolute atomic E-state index is 12.3. The molecule has 0 aromatic rings. The van der Waals surface area contributed by atoms with Gasteiger partial charge >= 0.3 is 0 Å². The molecule has 100 valence electrons. The number of nitrogens with zero attached hydrogens (tertiary/aromatic N) is 1. The molecule has 1 saturated heterocycles. The van der Waals surface area contributed by atoms with Gasteiger partial charge in [-0.15, -0.1) is 11.6 Å². The zero-order valence-electron chi connectivity index (χ0n) is 11.3. The van der Waals surface area contributed by atoms with Crippen LogP contribution in [0.25, 0.3) is 0 Å². The second kappa shape index (κ2) is 6.05. The molecule has 0 radical (unpaired) electrons. The summed E-state index contributed by atoms with van der Waals surface area (Å²) < 4.78 is 5.82. The standard InChI is InChI=1S/C13H24ClNO2/c1-5-10(6-2)12(16)15-8-11(7-14)17-13(3,4)9-15/h10-11H,5-9H2,1-4H3. The number of amides is 1. The Kier molecular flexibility index (Phi) is 5.26. The van der Waals surface area contributed by atoms with Crippen LogP contribution in [0.1, 0.15) is 40.5 Å². The fraction of sp³-hybridized carbons (Fsp3) is 0.923. The Morgan fingerprint density at radius 3 is 2.53 bits per heavy atom. The van der Waals surface area contributed by atoms with Gasteiger partial charge in [-0.1, -0.05) is 13.8 Å². The van der Waals surface area contributed by atoms with Crippen LogP contribution in [0.3, 0.4) is 0 Å². The van der Waals surface area contributed by atoms with Crippen molar-refractivity contribution in [3.8, 4) is 0 Å². The maximum Gasteiger partial charge on any atom is 0.225 e. The van der Waals surface area contributed by atoms with Gasteiger partial charge in [0.05, 0.1) is 17.6 Å². The molecule has 17 heavy (non-hydrogen) atoms. The lowest BCUT2D eigenvalue weighted by Crippen LogP contribution is -2.56. The quantitative estimate of drug-likeness (QED) is 0.729. The first-order valence-electron chi connectivity index (χ1n) is 6.46. The average molecular weight is 262 g/mol. The largest absolute Gasteiger partial charge is 0.367 e. The molecule has 1 aliphatic rings. The van der Waals surface area contributed by atoms with Crippen molar-refractivity contribution in [2.45, 2.75) is 52.2 Å². The Hall–Kier alpha value is -0.280. The van der Waals surface area contributed by atoms with Crippen LogP contribution in [-0.2, 0) is 9.53 Å². The summed E-state index contributed by atoms with van der Waals surface area (Å²) in [6, 6.07) is 0. The van der Waals surface area contributed by atoms with Gasteiger partial charge in [-0.2, -0.15) is 0 Å². The van der Waals surface area contributed by atoms with Gasteiger partial charge < -0.3 is 9.64 Å². The summed E-state index contributed by atoms with van der Waals surface area (Å²) in [7, 11) is 0. The molecule has 0 spiro atoms. The Labute approximate surface area is 109 Å². The van der Waals surface area contributed by atoms with Gasteiger partial charge in [-0.05, 0) is 26.7 Å². The van der Waals surface area contributed by atoms with E-state index in [1.165, 1.54) is 0 Å².